The summed E-state index contributed by atoms with van der Waals surface area (Å²) < 4.78 is 2.02. The molecule has 0 unspecified atom stereocenters. The van der Waals surface area contributed by atoms with E-state index in [4.69, 9.17) is 5.10 Å². The molecule has 0 spiro atoms. The maximum atomic E-state index is 12.7. The topological polar surface area (TPSA) is 62.2 Å². The van der Waals surface area contributed by atoms with Crippen molar-refractivity contribution in [1.29, 1.82) is 0 Å². The average Bonchev–Trinajstić information content (AvgIpc) is 3.16. The maximum absolute atomic E-state index is 12.7. The van der Waals surface area contributed by atoms with E-state index in [1.807, 2.05) is 22.9 Å². The fourth-order valence-electron chi connectivity index (χ4n) is 5.78. The van der Waals surface area contributed by atoms with Crippen molar-refractivity contribution in [2.24, 2.45) is 11.8 Å². The smallest absolute Gasteiger partial charge is 0.239 e. The van der Waals surface area contributed by atoms with Gasteiger partial charge in [0.1, 0.15) is 0 Å². The number of carbonyl (C=O) groups excluding carboxylic acids is 1. The third kappa shape index (κ3) is 5.53. The van der Waals surface area contributed by atoms with E-state index in [0.717, 1.165) is 41.6 Å². The van der Waals surface area contributed by atoms with Crippen LogP contribution in [0, 0.1) is 18.8 Å². The zero-order valence-corrected chi connectivity index (χ0v) is 21.3. The predicted molar refractivity (Wildman–Crippen MR) is 143 cm³/mol. The molecule has 5 rings (SSSR count). The fourth-order valence-corrected chi connectivity index (χ4v) is 5.78. The van der Waals surface area contributed by atoms with Gasteiger partial charge in [-0.25, -0.2) is 0 Å². The van der Waals surface area contributed by atoms with Crippen LogP contribution < -0.4 is 10.6 Å². The fraction of sp³-hybridized carbons (Fsp3) is 0.517. The molecule has 1 amide bonds. The highest BCUT2D eigenvalue weighted by atomic mass is 16.2. The Morgan fingerprint density at radius 3 is 2.51 bits per heavy atom. The molecule has 1 saturated carbocycles. The van der Waals surface area contributed by atoms with Crippen LogP contribution in [-0.2, 0) is 11.3 Å². The summed E-state index contributed by atoms with van der Waals surface area (Å²) in [6, 6.07) is 17.7. The Morgan fingerprint density at radius 1 is 1.06 bits per heavy atom. The Balaban J connectivity index is 1.14. The van der Waals surface area contributed by atoms with Crippen molar-refractivity contribution in [1.82, 2.24) is 20.0 Å². The lowest BCUT2D eigenvalue weighted by Gasteiger charge is -2.47. The number of benzene rings is 2. The van der Waals surface area contributed by atoms with Gasteiger partial charge in [0.05, 0.1) is 24.6 Å². The summed E-state index contributed by atoms with van der Waals surface area (Å²) in [4.78, 5) is 15.3. The number of aromatic nitrogens is 2. The molecule has 6 heteroatoms. The molecule has 1 saturated heterocycles. The van der Waals surface area contributed by atoms with E-state index in [0.29, 0.717) is 12.6 Å². The minimum absolute atomic E-state index is 0.0385. The number of rotatable bonds is 8. The molecule has 186 valence electrons. The minimum Gasteiger partial charge on any atom is -0.359 e. The monoisotopic (exact) mass is 473 g/mol. The number of hydrogen-bond donors (Lipinski definition) is 2. The van der Waals surface area contributed by atoms with Crippen molar-refractivity contribution >= 4 is 22.6 Å². The second kappa shape index (κ2) is 10.4. The third-order valence-electron chi connectivity index (χ3n) is 7.97. The average molecular weight is 474 g/mol. The van der Waals surface area contributed by atoms with Crippen LogP contribution in [0.4, 0.5) is 5.82 Å². The molecule has 3 aromatic rings. The molecular weight excluding hydrogens is 434 g/mol. The van der Waals surface area contributed by atoms with Crippen molar-refractivity contribution in [2.75, 3.05) is 25.0 Å². The number of nitrogens with one attached hydrogen (secondary N) is 2. The normalized spacial score (nSPS) is 21.3. The van der Waals surface area contributed by atoms with Crippen LogP contribution in [0.1, 0.15) is 50.7 Å². The van der Waals surface area contributed by atoms with E-state index >= 15 is 0 Å². The lowest BCUT2D eigenvalue weighted by atomic mass is 9.78. The van der Waals surface area contributed by atoms with E-state index in [1.165, 1.54) is 36.8 Å². The van der Waals surface area contributed by atoms with Gasteiger partial charge in [0, 0.05) is 24.5 Å². The van der Waals surface area contributed by atoms with Crippen LogP contribution in [0.5, 0.6) is 0 Å². The van der Waals surface area contributed by atoms with E-state index in [1.54, 1.807) is 0 Å². The van der Waals surface area contributed by atoms with E-state index in [9.17, 15) is 4.79 Å². The highest BCUT2D eigenvalue weighted by Gasteiger charge is 2.35. The van der Waals surface area contributed by atoms with Gasteiger partial charge in [-0.05, 0) is 62.1 Å². The lowest BCUT2D eigenvalue weighted by molar-refractivity contribution is -0.121. The summed E-state index contributed by atoms with van der Waals surface area (Å²) in [5, 5.41) is 12.4. The summed E-state index contributed by atoms with van der Waals surface area (Å²) in [6.45, 7) is 9.69. The van der Waals surface area contributed by atoms with Gasteiger partial charge in [0.15, 0.2) is 5.82 Å². The highest BCUT2D eigenvalue weighted by molar-refractivity contribution is 5.92. The molecule has 0 atom stereocenters. The predicted octanol–water partition coefficient (Wildman–Crippen LogP) is 4.82. The molecule has 6 nitrogen and oxygen atoms in total. The molecule has 2 fully saturated rings. The molecule has 2 aromatic carbocycles. The first-order valence-corrected chi connectivity index (χ1v) is 13.2. The van der Waals surface area contributed by atoms with Gasteiger partial charge < -0.3 is 10.6 Å². The summed E-state index contributed by atoms with van der Waals surface area (Å²) in [5.74, 6) is 2.51. The number of likely N-dealkylation sites (tertiary alicyclic amines) is 1. The van der Waals surface area contributed by atoms with Gasteiger partial charge in [-0.15, -0.1) is 0 Å². The van der Waals surface area contributed by atoms with Gasteiger partial charge in [0.25, 0.3) is 0 Å². The largest absolute Gasteiger partial charge is 0.359 e. The zero-order valence-electron chi connectivity index (χ0n) is 21.3. The Labute approximate surface area is 209 Å². The Kier molecular flexibility index (Phi) is 7.09. The molecule has 1 aliphatic heterocycles. The molecule has 1 aliphatic carbocycles. The Morgan fingerprint density at radius 2 is 1.80 bits per heavy atom. The number of aryl methyl sites for hydroxylation is 1. The summed E-state index contributed by atoms with van der Waals surface area (Å²) in [7, 11) is 0. The van der Waals surface area contributed by atoms with Crippen LogP contribution in [-0.4, -0.2) is 52.3 Å². The summed E-state index contributed by atoms with van der Waals surface area (Å²) >= 11 is 0. The highest BCUT2D eigenvalue weighted by Crippen LogP contribution is 2.33. The third-order valence-corrected chi connectivity index (χ3v) is 7.97. The van der Waals surface area contributed by atoms with Crippen LogP contribution in [0.15, 0.2) is 48.5 Å². The standard InChI is InChI=1S/C29H39N5O/c1-20(2)23-10-12-25(13-11-23)33-18-24(19-33)31-28(35)16-30-29-26-15-21(3)9-14-27(26)34(32-29)17-22-7-5-4-6-8-22/h4-9,14-15,20,23-25H,10-13,16-19H2,1-3H3,(H,30,32)(H,31,35)/t23-,25+. The number of anilines is 1. The second-order valence-corrected chi connectivity index (χ2v) is 10.9. The quantitative estimate of drug-likeness (QED) is 0.492. The first-order valence-electron chi connectivity index (χ1n) is 13.2. The number of carbonyl (C=O) groups is 1. The Bertz CT molecular complexity index is 1140. The molecule has 1 aromatic heterocycles. The van der Waals surface area contributed by atoms with Crippen LogP contribution in [0.25, 0.3) is 10.9 Å². The second-order valence-electron chi connectivity index (χ2n) is 10.9. The van der Waals surface area contributed by atoms with Gasteiger partial charge in [-0.1, -0.05) is 55.8 Å². The van der Waals surface area contributed by atoms with Crippen LogP contribution in [0.2, 0.25) is 0 Å². The van der Waals surface area contributed by atoms with Crippen molar-refractivity contribution in [3.8, 4) is 0 Å². The molecule has 0 bridgehead atoms. The lowest BCUT2D eigenvalue weighted by Crippen LogP contribution is -2.63. The van der Waals surface area contributed by atoms with Gasteiger partial charge in [-0.3, -0.25) is 14.4 Å². The number of fused-ring (bicyclic) bond motifs is 1. The van der Waals surface area contributed by atoms with Crippen molar-refractivity contribution in [3.63, 3.8) is 0 Å². The zero-order chi connectivity index (χ0) is 24.4. The molecular formula is C29H39N5O. The number of amides is 1. The number of hydrogen-bond acceptors (Lipinski definition) is 4. The van der Waals surface area contributed by atoms with Gasteiger partial charge in [-0.2, -0.15) is 5.10 Å². The maximum Gasteiger partial charge on any atom is 0.239 e. The SMILES string of the molecule is Cc1ccc2c(c1)c(NCC(=O)NC1CN([C@H]3CC[C@@H](C(C)C)CC3)C1)nn2Cc1ccccc1. The molecule has 2 aliphatic rings. The molecule has 35 heavy (non-hydrogen) atoms. The Hall–Kier alpha value is -2.86. The van der Waals surface area contributed by atoms with E-state index in [2.05, 4.69) is 66.6 Å². The number of nitrogens with zero attached hydrogens (tertiary/aromatic N) is 3. The first-order chi connectivity index (χ1) is 17.0. The van der Waals surface area contributed by atoms with Gasteiger partial charge in [0.2, 0.25) is 5.91 Å². The van der Waals surface area contributed by atoms with Crippen molar-refractivity contribution in [2.45, 2.75) is 65.1 Å². The van der Waals surface area contributed by atoms with Crippen LogP contribution in [0.3, 0.4) is 0 Å². The summed E-state index contributed by atoms with van der Waals surface area (Å²) in [5.41, 5.74) is 3.46. The van der Waals surface area contributed by atoms with E-state index in [-0.39, 0.29) is 18.5 Å². The van der Waals surface area contributed by atoms with E-state index < -0.39 is 0 Å². The molecule has 2 heterocycles. The first kappa shape index (κ1) is 23.9. The van der Waals surface area contributed by atoms with Crippen molar-refractivity contribution < 1.29 is 4.79 Å². The van der Waals surface area contributed by atoms with Crippen molar-refractivity contribution in [3.05, 3.63) is 59.7 Å². The molecule has 2 N–H and O–H groups in total. The van der Waals surface area contributed by atoms with Crippen LogP contribution >= 0.6 is 0 Å². The summed E-state index contributed by atoms with van der Waals surface area (Å²) in [6.07, 6.45) is 5.32. The molecule has 0 radical (unpaired) electrons. The van der Waals surface area contributed by atoms with Gasteiger partial charge >= 0.3 is 0 Å². The minimum atomic E-state index is 0.0385.